The predicted molar refractivity (Wildman–Crippen MR) is 103 cm³/mol. The fraction of sp³-hybridized carbons (Fsp3) is 0.263. The van der Waals surface area contributed by atoms with Gasteiger partial charge in [-0.15, -0.1) is 0 Å². The highest BCUT2D eigenvalue weighted by Gasteiger charge is 2.05. The number of guanidine groups is 1. The van der Waals surface area contributed by atoms with Crippen molar-refractivity contribution in [3.8, 4) is 11.5 Å². The van der Waals surface area contributed by atoms with Crippen molar-refractivity contribution >= 4 is 17.6 Å². The minimum atomic E-state index is -0.0917. The van der Waals surface area contributed by atoms with Gasteiger partial charge in [0.25, 0.3) is 5.91 Å². The lowest BCUT2D eigenvalue weighted by molar-refractivity contribution is 0.0953. The zero-order chi connectivity index (χ0) is 18.8. The van der Waals surface area contributed by atoms with Gasteiger partial charge in [-0.05, 0) is 30.7 Å². The lowest BCUT2D eigenvalue weighted by Gasteiger charge is -2.11. The Morgan fingerprint density at radius 3 is 2.50 bits per heavy atom. The first-order valence-electron chi connectivity index (χ1n) is 8.26. The Balaban J connectivity index is 1.75. The summed E-state index contributed by atoms with van der Waals surface area (Å²) in [6, 6.07) is 14.5. The standard InChI is InChI=1S/C19H24N4O3/c1-25-16-10-9-15(13-17(16)26-2)23-19(20)22-12-6-11-21-18(24)14-7-4-3-5-8-14/h3-5,7-10,13H,6,11-12H2,1-2H3,(H,21,24)(H3,20,22,23). The van der Waals surface area contributed by atoms with E-state index in [2.05, 4.69) is 15.6 Å². The molecule has 0 aromatic heterocycles. The van der Waals surface area contributed by atoms with Crippen LogP contribution in [0.1, 0.15) is 16.8 Å². The number of nitrogens with two attached hydrogens (primary N) is 1. The summed E-state index contributed by atoms with van der Waals surface area (Å²) in [6.45, 7) is 1.03. The highest BCUT2D eigenvalue weighted by atomic mass is 16.5. The normalized spacial score (nSPS) is 10.9. The van der Waals surface area contributed by atoms with Crippen LogP contribution in [0.15, 0.2) is 53.5 Å². The van der Waals surface area contributed by atoms with Gasteiger partial charge in [0.15, 0.2) is 17.5 Å². The van der Waals surface area contributed by atoms with Crippen LogP contribution in [0.2, 0.25) is 0 Å². The quantitative estimate of drug-likeness (QED) is 0.383. The first-order chi connectivity index (χ1) is 12.6. The zero-order valence-electron chi connectivity index (χ0n) is 15.0. The molecule has 0 aliphatic carbocycles. The highest BCUT2D eigenvalue weighted by molar-refractivity contribution is 5.94. The number of carbonyl (C=O) groups is 1. The van der Waals surface area contributed by atoms with Crippen LogP contribution in [-0.2, 0) is 0 Å². The number of hydrogen-bond acceptors (Lipinski definition) is 4. The van der Waals surface area contributed by atoms with E-state index in [1.54, 1.807) is 38.5 Å². The molecule has 0 radical (unpaired) electrons. The molecule has 0 atom stereocenters. The van der Waals surface area contributed by atoms with Crippen LogP contribution in [-0.4, -0.2) is 39.2 Å². The number of amides is 1. The first-order valence-corrected chi connectivity index (χ1v) is 8.26. The summed E-state index contributed by atoms with van der Waals surface area (Å²) in [5.74, 6) is 1.45. The molecule has 0 unspecified atom stereocenters. The molecule has 0 aliphatic rings. The summed E-state index contributed by atoms with van der Waals surface area (Å²) in [5, 5.41) is 5.85. The number of rotatable bonds is 8. The molecule has 2 aromatic rings. The average molecular weight is 356 g/mol. The van der Waals surface area contributed by atoms with Crippen LogP contribution in [0.25, 0.3) is 0 Å². The third kappa shape index (κ3) is 5.70. The number of ether oxygens (including phenoxy) is 2. The minimum absolute atomic E-state index is 0.0917. The number of nitrogens with zero attached hydrogens (tertiary/aromatic N) is 1. The maximum atomic E-state index is 11.9. The molecule has 0 saturated heterocycles. The largest absolute Gasteiger partial charge is 0.493 e. The van der Waals surface area contributed by atoms with E-state index in [0.29, 0.717) is 42.5 Å². The summed E-state index contributed by atoms with van der Waals surface area (Å²) < 4.78 is 10.4. The van der Waals surface area contributed by atoms with Gasteiger partial charge in [-0.3, -0.25) is 9.79 Å². The van der Waals surface area contributed by atoms with Gasteiger partial charge in [-0.2, -0.15) is 0 Å². The topological polar surface area (TPSA) is 98.0 Å². The van der Waals surface area contributed by atoms with Gasteiger partial charge in [-0.25, -0.2) is 0 Å². The number of methoxy groups -OCH3 is 2. The van der Waals surface area contributed by atoms with Gasteiger partial charge in [0.05, 0.1) is 14.2 Å². The van der Waals surface area contributed by atoms with Gasteiger partial charge in [-0.1, -0.05) is 18.2 Å². The summed E-state index contributed by atoms with van der Waals surface area (Å²) in [4.78, 5) is 16.1. The van der Waals surface area contributed by atoms with Crippen LogP contribution < -0.4 is 25.8 Å². The monoisotopic (exact) mass is 356 g/mol. The van der Waals surface area contributed by atoms with E-state index in [4.69, 9.17) is 15.2 Å². The molecule has 4 N–H and O–H groups in total. The van der Waals surface area contributed by atoms with E-state index in [1.165, 1.54) is 0 Å². The Kier molecular flexibility index (Phi) is 7.30. The first kappa shape index (κ1) is 19.1. The van der Waals surface area contributed by atoms with Gasteiger partial charge in [0.1, 0.15) is 0 Å². The summed E-state index contributed by atoms with van der Waals surface area (Å²) in [6.07, 6.45) is 0.687. The molecule has 0 saturated carbocycles. The fourth-order valence-corrected chi connectivity index (χ4v) is 2.27. The number of benzene rings is 2. The number of aliphatic imine (C=N–C) groups is 1. The van der Waals surface area contributed by atoms with Crippen molar-refractivity contribution < 1.29 is 14.3 Å². The molecule has 7 heteroatoms. The Bertz CT molecular complexity index is 748. The second-order valence-electron chi connectivity index (χ2n) is 5.44. The van der Waals surface area contributed by atoms with Crippen molar-refractivity contribution in [2.75, 3.05) is 32.6 Å². The van der Waals surface area contributed by atoms with Crippen LogP contribution >= 0.6 is 0 Å². The zero-order valence-corrected chi connectivity index (χ0v) is 15.0. The third-order valence-corrected chi connectivity index (χ3v) is 3.59. The molecule has 0 heterocycles. The summed E-state index contributed by atoms with van der Waals surface area (Å²) >= 11 is 0. The van der Waals surface area contributed by atoms with E-state index in [9.17, 15) is 4.79 Å². The maximum absolute atomic E-state index is 11.9. The molecule has 2 aromatic carbocycles. The van der Waals surface area contributed by atoms with Gasteiger partial charge in [0, 0.05) is 30.4 Å². The molecular formula is C19H24N4O3. The third-order valence-electron chi connectivity index (χ3n) is 3.59. The second kappa shape index (κ2) is 9.93. The second-order valence-corrected chi connectivity index (χ2v) is 5.44. The highest BCUT2D eigenvalue weighted by Crippen LogP contribution is 2.29. The number of anilines is 1. The Hall–Kier alpha value is -3.22. The van der Waals surface area contributed by atoms with E-state index in [-0.39, 0.29) is 5.91 Å². The Morgan fingerprint density at radius 2 is 1.81 bits per heavy atom. The molecule has 2 rings (SSSR count). The summed E-state index contributed by atoms with van der Waals surface area (Å²) in [7, 11) is 3.15. The van der Waals surface area contributed by atoms with Crippen molar-refractivity contribution in [2.24, 2.45) is 10.7 Å². The molecule has 0 fully saturated rings. The lowest BCUT2D eigenvalue weighted by Crippen LogP contribution is -2.26. The number of carbonyl (C=O) groups excluding carboxylic acids is 1. The van der Waals surface area contributed by atoms with Crippen molar-refractivity contribution in [1.82, 2.24) is 5.32 Å². The van der Waals surface area contributed by atoms with Crippen molar-refractivity contribution in [2.45, 2.75) is 6.42 Å². The Labute approximate surface area is 153 Å². The minimum Gasteiger partial charge on any atom is -0.493 e. The molecule has 1 amide bonds. The molecule has 7 nitrogen and oxygen atoms in total. The van der Waals surface area contributed by atoms with E-state index in [0.717, 1.165) is 5.69 Å². The molecule has 0 spiro atoms. The molecule has 26 heavy (non-hydrogen) atoms. The van der Waals surface area contributed by atoms with E-state index >= 15 is 0 Å². The van der Waals surface area contributed by atoms with Gasteiger partial charge >= 0.3 is 0 Å². The van der Waals surface area contributed by atoms with Gasteiger partial charge in [0.2, 0.25) is 0 Å². The van der Waals surface area contributed by atoms with Crippen LogP contribution in [0, 0.1) is 0 Å². The van der Waals surface area contributed by atoms with E-state index in [1.807, 2.05) is 24.3 Å². The molecular weight excluding hydrogens is 332 g/mol. The van der Waals surface area contributed by atoms with Crippen LogP contribution in [0.5, 0.6) is 11.5 Å². The van der Waals surface area contributed by atoms with Crippen molar-refractivity contribution in [3.05, 3.63) is 54.1 Å². The fourth-order valence-electron chi connectivity index (χ4n) is 2.27. The van der Waals surface area contributed by atoms with Crippen LogP contribution in [0.4, 0.5) is 5.69 Å². The SMILES string of the molecule is COc1ccc(NC(N)=NCCCNC(=O)c2ccccc2)cc1OC. The molecule has 138 valence electrons. The summed E-state index contributed by atoms with van der Waals surface area (Å²) in [5.41, 5.74) is 7.28. The van der Waals surface area contributed by atoms with E-state index < -0.39 is 0 Å². The number of hydrogen-bond donors (Lipinski definition) is 3. The van der Waals surface area contributed by atoms with Crippen molar-refractivity contribution in [3.63, 3.8) is 0 Å². The smallest absolute Gasteiger partial charge is 0.251 e. The molecule has 0 bridgehead atoms. The molecule has 0 aliphatic heterocycles. The maximum Gasteiger partial charge on any atom is 0.251 e. The average Bonchev–Trinajstić information content (AvgIpc) is 2.68. The van der Waals surface area contributed by atoms with Crippen molar-refractivity contribution in [1.29, 1.82) is 0 Å². The number of nitrogens with one attached hydrogen (secondary N) is 2. The predicted octanol–water partition coefficient (Wildman–Crippen LogP) is 2.25. The van der Waals surface area contributed by atoms with Gasteiger partial charge < -0.3 is 25.8 Å². The lowest BCUT2D eigenvalue weighted by atomic mass is 10.2. The Morgan fingerprint density at radius 1 is 1.08 bits per heavy atom. The van der Waals surface area contributed by atoms with Crippen LogP contribution in [0.3, 0.4) is 0 Å².